The Morgan fingerprint density at radius 2 is 1.72 bits per heavy atom. The molecule has 0 aliphatic rings. The van der Waals surface area contributed by atoms with Gasteiger partial charge in [-0.3, -0.25) is 0 Å². The van der Waals surface area contributed by atoms with Gasteiger partial charge in [0.1, 0.15) is 6.61 Å². The maximum absolute atomic E-state index is 6.06. The molecular weight excluding hydrogens is 226 g/mol. The number of ether oxygens (including phenoxy) is 2. The van der Waals surface area contributed by atoms with E-state index in [2.05, 4.69) is 20.8 Å². The van der Waals surface area contributed by atoms with Crippen molar-refractivity contribution in [2.45, 2.75) is 39.7 Å². The van der Waals surface area contributed by atoms with Crippen molar-refractivity contribution < 1.29 is 9.47 Å². The van der Waals surface area contributed by atoms with Crippen LogP contribution >= 0.6 is 0 Å². The lowest BCUT2D eigenvalue weighted by Crippen LogP contribution is -2.34. The lowest BCUT2D eigenvalue weighted by atomic mass is 10.0. The van der Waals surface area contributed by atoms with Crippen molar-refractivity contribution in [3.63, 3.8) is 0 Å². The van der Waals surface area contributed by atoms with E-state index < -0.39 is 0 Å². The molecule has 102 valence electrons. The second kappa shape index (κ2) is 7.98. The van der Waals surface area contributed by atoms with Gasteiger partial charge in [0.2, 0.25) is 0 Å². The fourth-order valence-corrected chi connectivity index (χ4v) is 1.55. The molecule has 0 aromatic heterocycles. The minimum absolute atomic E-state index is 0.0641. The molecule has 0 aliphatic heterocycles. The fraction of sp³-hybridized carbons (Fsp3) is 0.600. The molecule has 2 atom stereocenters. The Labute approximate surface area is 110 Å². The number of nitrogens with two attached hydrogens (primary N) is 1. The van der Waals surface area contributed by atoms with Crippen LogP contribution in [0.4, 0.5) is 0 Å². The number of hydrogen-bond donors (Lipinski definition) is 1. The van der Waals surface area contributed by atoms with E-state index in [1.807, 2.05) is 24.3 Å². The molecule has 0 bridgehead atoms. The SMILES string of the molecule is CCCOc1ccccc1OCC(N)C(C)CC. The van der Waals surface area contributed by atoms with Crippen molar-refractivity contribution >= 4 is 0 Å². The normalized spacial score (nSPS) is 14.0. The Kier molecular flexibility index (Phi) is 6.58. The molecule has 0 saturated carbocycles. The Morgan fingerprint density at radius 1 is 1.11 bits per heavy atom. The zero-order chi connectivity index (χ0) is 13.4. The van der Waals surface area contributed by atoms with E-state index >= 15 is 0 Å². The lowest BCUT2D eigenvalue weighted by molar-refractivity contribution is 0.231. The molecule has 1 aromatic carbocycles. The molecule has 0 fully saturated rings. The van der Waals surface area contributed by atoms with Crippen molar-refractivity contribution in [2.75, 3.05) is 13.2 Å². The smallest absolute Gasteiger partial charge is 0.161 e. The van der Waals surface area contributed by atoms with E-state index in [9.17, 15) is 0 Å². The number of hydrogen-bond acceptors (Lipinski definition) is 3. The van der Waals surface area contributed by atoms with Gasteiger partial charge in [-0.1, -0.05) is 39.3 Å². The Bertz CT molecular complexity index is 341. The second-order valence-corrected chi connectivity index (χ2v) is 4.66. The monoisotopic (exact) mass is 251 g/mol. The summed E-state index contributed by atoms with van der Waals surface area (Å²) in [6.07, 6.45) is 2.05. The zero-order valence-electron chi connectivity index (χ0n) is 11.7. The van der Waals surface area contributed by atoms with Crippen LogP contribution in [0.15, 0.2) is 24.3 Å². The summed E-state index contributed by atoms with van der Waals surface area (Å²) in [5.41, 5.74) is 6.06. The summed E-state index contributed by atoms with van der Waals surface area (Å²) in [6, 6.07) is 7.82. The van der Waals surface area contributed by atoms with Crippen LogP contribution in [0, 0.1) is 5.92 Å². The lowest BCUT2D eigenvalue weighted by Gasteiger charge is -2.19. The molecule has 2 N–H and O–H groups in total. The largest absolute Gasteiger partial charge is 0.490 e. The molecule has 2 unspecified atom stereocenters. The van der Waals surface area contributed by atoms with Crippen molar-refractivity contribution in [1.29, 1.82) is 0 Å². The molecular formula is C15H25NO2. The molecule has 3 heteroatoms. The van der Waals surface area contributed by atoms with E-state index in [4.69, 9.17) is 15.2 Å². The van der Waals surface area contributed by atoms with Crippen LogP contribution in [-0.4, -0.2) is 19.3 Å². The van der Waals surface area contributed by atoms with Crippen molar-refractivity contribution in [3.8, 4) is 11.5 Å². The average molecular weight is 251 g/mol. The summed E-state index contributed by atoms with van der Waals surface area (Å²) in [5, 5.41) is 0. The predicted molar refractivity (Wildman–Crippen MR) is 75.2 cm³/mol. The van der Waals surface area contributed by atoms with Gasteiger partial charge in [0, 0.05) is 6.04 Å². The topological polar surface area (TPSA) is 44.5 Å². The maximum atomic E-state index is 6.06. The zero-order valence-corrected chi connectivity index (χ0v) is 11.7. The van der Waals surface area contributed by atoms with Gasteiger partial charge in [-0.2, -0.15) is 0 Å². The highest BCUT2D eigenvalue weighted by atomic mass is 16.5. The molecule has 18 heavy (non-hydrogen) atoms. The molecule has 1 aromatic rings. The summed E-state index contributed by atoms with van der Waals surface area (Å²) in [7, 11) is 0. The van der Waals surface area contributed by atoms with Crippen LogP contribution in [-0.2, 0) is 0 Å². The first kappa shape index (κ1) is 14.8. The van der Waals surface area contributed by atoms with Crippen LogP contribution < -0.4 is 15.2 Å². The minimum Gasteiger partial charge on any atom is -0.490 e. The highest BCUT2D eigenvalue weighted by molar-refractivity contribution is 5.39. The average Bonchev–Trinajstić information content (AvgIpc) is 2.42. The van der Waals surface area contributed by atoms with Crippen LogP contribution in [0.5, 0.6) is 11.5 Å². The molecule has 0 aliphatic carbocycles. The van der Waals surface area contributed by atoms with Gasteiger partial charge >= 0.3 is 0 Å². The molecule has 0 heterocycles. The van der Waals surface area contributed by atoms with E-state index in [0.717, 1.165) is 24.3 Å². The Balaban J connectivity index is 2.55. The van der Waals surface area contributed by atoms with E-state index in [1.54, 1.807) is 0 Å². The Morgan fingerprint density at radius 3 is 2.28 bits per heavy atom. The predicted octanol–water partition coefficient (Wildman–Crippen LogP) is 3.23. The summed E-state index contributed by atoms with van der Waals surface area (Å²) in [5.74, 6) is 2.05. The summed E-state index contributed by atoms with van der Waals surface area (Å²) in [6.45, 7) is 7.61. The second-order valence-electron chi connectivity index (χ2n) is 4.66. The fourth-order valence-electron chi connectivity index (χ4n) is 1.55. The van der Waals surface area contributed by atoms with Gasteiger partial charge < -0.3 is 15.2 Å². The summed E-state index contributed by atoms with van der Waals surface area (Å²) in [4.78, 5) is 0. The van der Waals surface area contributed by atoms with Crippen LogP contribution in [0.3, 0.4) is 0 Å². The molecule has 3 nitrogen and oxygen atoms in total. The van der Waals surface area contributed by atoms with Gasteiger partial charge in [-0.25, -0.2) is 0 Å². The number of para-hydroxylation sites is 2. The van der Waals surface area contributed by atoms with Crippen molar-refractivity contribution in [3.05, 3.63) is 24.3 Å². The highest BCUT2D eigenvalue weighted by Gasteiger charge is 2.12. The van der Waals surface area contributed by atoms with Crippen LogP contribution in [0.2, 0.25) is 0 Å². The summed E-state index contributed by atoms with van der Waals surface area (Å²) >= 11 is 0. The van der Waals surface area contributed by atoms with Crippen LogP contribution in [0.25, 0.3) is 0 Å². The van der Waals surface area contributed by atoms with Crippen molar-refractivity contribution in [2.24, 2.45) is 11.7 Å². The minimum atomic E-state index is 0.0641. The first-order valence-corrected chi connectivity index (χ1v) is 6.79. The van der Waals surface area contributed by atoms with E-state index in [-0.39, 0.29) is 6.04 Å². The quantitative estimate of drug-likeness (QED) is 0.771. The molecule has 0 spiro atoms. The number of rotatable bonds is 8. The third-order valence-corrected chi connectivity index (χ3v) is 3.12. The van der Waals surface area contributed by atoms with E-state index in [1.165, 1.54) is 0 Å². The third kappa shape index (κ3) is 4.57. The summed E-state index contributed by atoms with van der Waals surface area (Å²) < 4.78 is 11.4. The number of benzene rings is 1. The first-order valence-electron chi connectivity index (χ1n) is 6.79. The van der Waals surface area contributed by atoms with Crippen LogP contribution in [0.1, 0.15) is 33.6 Å². The van der Waals surface area contributed by atoms with E-state index in [0.29, 0.717) is 19.1 Å². The molecule has 0 amide bonds. The molecule has 0 saturated heterocycles. The highest BCUT2D eigenvalue weighted by Crippen LogP contribution is 2.26. The van der Waals surface area contributed by atoms with Gasteiger partial charge in [0.15, 0.2) is 11.5 Å². The van der Waals surface area contributed by atoms with Gasteiger partial charge in [-0.15, -0.1) is 0 Å². The maximum Gasteiger partial charge on any atom is 0.161 e. The van der Waals surface area contributed by atoms with Gasteiger partial charge in [-0.05, 0) is 24.5 Å². The van der Waals surface area contributed by atoms with Gasteiger partial charge in [0.05, 0.1) is 6.61 Å². The standard InChI is InChI=1S/C15H25NO2/c1-4-10-17-14-8-6-7-9-15(14)18-11-13(16)12(3)5-2/h6-9,12-13H,4-5,10-11,16H2,1-3H3. The first-order chi connectivity index (χ1) is 8.69. The third-order valence-electron chi connectivity index (χ3n) is 3.12. The van der Waals surface area contributed by atoms with Crippen molar-refractivity contribution in [1.82, 2.24) is 0 Å². The molecule has 0 radical (unpaired) electrons. The Hall–Kier alpha value is -1.22. The van der Waals surface area contributed by atoms with Gasteiger partial charge in [0.25, 0.3) is 0 Å². The molecule has 1 rings (SSSR count).